The fourth-order valence-corrected chi connectivity index (χ4v) is 3.82. The molecule has 1 N–H and O–H groups in total. The molecule has 0 heterocycles. The van der Waals surface area contributed by atoms with Crippen molar-refractivity contribution in [2.45, 2.75) is 13.2 Å². The Morgan fingerprint density at radius 3 is 2.37 bits per heavy atom. The van der Waals surface area contributed by atoms with Crippen LogP contribution in [0.3, 0.4) is 0 Å². The van der Waals surface area contributed by atoms with Crippen LogP contribution in [0, 0.1) is 0 Å². The SMILES string of the molecule is COc1ccc(NCc2c(OCc3ccccc3Cl)ccc3ccccc23)cc1Cl. The van der Waals surface area contributed by atoms with Crippen molar-refractivity contribution in [2.75, 3.05) is 12.4 Å². The molecule has 4 aromatic rings. The standard InChI is InChI=1S/C25H21Cl2NO2/c1-29-25-13-11-19(14-23(25)27)28-15-21-20-8-4-2-6-17(20)10-12-24(21)30-16-18-7-3-5-9-22(18)26/h2-14,28H,15-16H2,1H3. The van der Waals surface area contributed by atoms with Crippen LogP contribution >= 0.6 is 23.2 Å². The van der Waals surface area contributed by atoms with E-state index < -0.39 is 0 Å². The normalized spacial score (nSPS) is 10.8. The van der Waals surface area contributed by atoms with Gasteiger partial charge in [-0.3, -0.25) is 0 Å². The molecule has 152 valence electrons. The molecular formula is C25H21Cl2NO2. The molecule has 0 atom stereocenters. The number of halogens is 2. The van der Waals surface area contributed by atoms with Gasteiger partial charge in [-0.05, 0) is 41.1 Å². The highest BCUT2D eigenvalue weighted by Crippen LogP contribution is 2.32. The topological polar surface area (TPSA) is 30.5 Å². The molecule has 0 bridgehead atoms. The lowest BCUT2D eigenvalue weighted by molar-refractivity contribution is 0.304. The van der Waals surface area contributed by atoms with E-state index in [4.69, 9.17) is 32.7 Å². The van der Waals surface area contributed by atoms with Gasteiger partial charge in [-0.25, -0.2) is 0 Å². The van der Waals surface area contributed by atoms with E-state index in [0.29, 0.717) is 28.9 Å². The Morgan fingerprint density at radius 2 is 1.57 bits per heavy atom. The molecule has 4 rings (SSSR count). The summed E-state index contributed by atoms with van der Waals surface area (Å²) in [6.45, 7) is 0.987. The maximum absolute atomic E-state index is 6.29. The molecule has 30 heavy (non-hydrogen) atoms. The molecule has 0 saturated heterocycles. The van der Waals surface area contributed by atoms with Gasteiger partial charge in [0.25, 0.3) is 0 Å². The molecule has 4 aromatic carbocycles. The smallest absolute Gasteiger partial charge is 0.137 e. The fourth-order valence-electron chi connectivity index (χ4n) is 3.37. The summed E-state index contributed by atoms with van der Waals surface area (Å²) < 4.78 is 11.4. The molecule has 0 amide bonds. The van der Waals surface area contributed by atoms with Crippen LogP contribution in [-0.4, -0.2) is 7.11 Å². The lowest BCUT2D eigenvalue weighted by Crippen LogP contribution is -2.05. The van der Waals surface area contributed by atoms with Gasteiger partial charge >= 0.3 is 0 Å². The molecule has 0 spiro atoms. The van der Waals surface area contributed by atoms with Crippen molar-refractivity contribution >= 4 is 39.7 Å². The number of nitrogens with one attached hydrogen (secondary N) is 1. The second-order valence-corrected chi connectivity index (χ2v) is 7.66. The number of hydrogen-bond donors (Lipinski definition) is 1. The van der Waals surface area contributed by atoms with Crippen LogP contribution in [0.2, 0.25) is 10.0 Å². The highest BCUT2D eigenvalue weighted by atomic mass is 35.5. The monoisotopic (exact) mass is 437 g/mol. The van der Waals surface area contributed by atoms with Crippen molar-refractivity contribution in [3.8, 4) is 11.5 Å². The number of methoxy groups -OCH3 is 1. The number of anilines is 1. The molecule has 0 aromatic heterocycles. The number of rotatable bonds is 7. The van der Waals surface area contributed by atoms with Crippen LogP contribution in [0.5, 0.6) is 11.5 Å². The summed E-state index contributed by atoms with van der Waals surface area (Å²) in [5, 5.41) is 7.01. The van der Waals surface area contributed by atoms with Gasteiger partial charge in [-0.15, -0.1) is 0 Å². The van der Waals surface area contributed by atoms with Gasteiger partial charge in [-0.2, -0.15) is 0 Å². The van der Waals surface area contributed by atoms with Gasteiger partial charge in [0.15, 0.2) is 0 Å². The molecule has 0 radical (unpaired) electrons. The van der Waals surface area contributed by atoms with E-state index in [0.717, 1.165) is 33.3 Å². The summed E-state index contributed by atoms with van der Waals surface area (Å²) in [6, 6.07) is 25.7. The molecule has 5 heteroatoms. The highest BCUT2D eigenvalue weighted by Gasteiger charge is 2.11. The van der Waals surface area contributed by atoms with Gasteiger partial charge in [0.05, 0.1) is 12.1 Å². The number of ether oxygens (including phenoxy) is 2. The number of benzene rings is 4. The third kappa shape index (κ3) is 4.48. The van der Waals surface area contributed by atoms with Crippen molar-refractivity contribution in [1.82, 2.24) is 0 Å². The minimum absolute atomic E-state index is 0.402. The minimum Gasteiger partial charge on any atom is -0.495 e. The second kappa shape index (κ2) is 9.29. The highest BCUT2D eigenvalue weighted by molar-refractivity contribution is 6.32. The summed E-state index contributed by atoms with van der Waals surface area (Å²) >= 11 is 12.6. The first-order valence-corrected chi connectivity index (χ1v) is 10.4. The Kier molecular flexibility index (Phi) is 6.32. The average molecular weight is 438 g/mol. The molecule has 0 aliphatic carbocycles. The van der Waals surface area contributed by atoms with Crippen molar-refractivity contribution in [3.05, 3.63) is 100 Å². The lowest BCUT2D eigenvalue weighted by Gasteiger charge is -2.16. The van der Waals surface area contributed by atoms with E-state index >= 15 is 0 Å². The molecule has 0 aliphatic heterocycles. The largest absolute Gasteiger partial charge is 0.495 e. The Balaban J connectivity index is 1.62. The first-order valence-electron chi connectivity index (χ1n) is 9.60. The predicted octanol–water partition coefficient (Wildman–Crippen LogP) is 7.35. The molecule has 0 saturated carbocycles. The van der Waals surface area contributed by atoms with Crippen molar-refractivity contribution < 1.29 is 9.47 Å². The Labute approximate surface area is 186 Å². The van der Waals surface area contributed by atoms with Gasteiger partial charge in [0, 0.05) is 28.4 Å². The van der Waals surface area contributed by atoms with Crippen LogP contribution in [-0.2, 0) is 13.2 Å². The zero-order valence-corrected chi connectivity index (χ0v) is 18.0. The zero-order valence-electron chi connectivity index (χ0n) is 16.5. The first-order chi connectivity index (χ1) is 14.7. The third-order valence-electron chi connectivity index (χ3n) is 4.96. The van der Waals surface area contributed by atoms with Crippen molar-refractivity contribution in [1.29, 1.82) is 0 Å². The van der Waals surface area contributed by atoms with E-state index in [9.17, 15) is 0 Å². The predicted molar refractivity (Wildman–Crippen MR) is 125 cm³/mol. The maximum Gasteiger partial charge on any atom is 0.137 e. The zero-order chi connectivity index (χ0) is 20.9. The van der Waals surface area contributed by atoms with Gasteiger partial charge in [0.1, 0.15) is 18.1 Å². The van der Waals surface area contributed by atoms with E-state index in [1.54, 1.807) is 7.11 Å². The first kappa shape index (κ1) is 20.4. The maximum atomic E-state index is 6.29. The summed E-state index contributed by atoms with van der Waals surface area (Å²) in [5.74, 6) is 1.47. The minimum atomic E-state index is 0.402. The van der Waals surface area contributed by atoms with Gasteiger partial charge < -0.3 is 14.8 Å². The second-order valence-electron chi connectivity index (χ2n) is 6.85. The van der Waals surface area contributed by atoms with E-state index in [1.165, 1.54) is 0 Å². The van der Waals surface area contributed by atoms with Crippen LogP contribution in [0.1, 0.15) is 11.1 Å². The summed E-state index contributed by atoms with van der Waals surface area (Å²) in [5.41, 5.74) is 2.94. The summed E-state index contributed by atoms with van der Waals surface area (Å²) in [4.78, 5) is 0. The average Bonchev–Trinajstić information content (AvgIpc) is 2.77. The van der Waals surface area contributed by atoms with E-state index in [-0.39, 0.29) is 0 Å². The molecule has 3 nitrogen and oxygen atoms in total. The lowest BCUT2D eigenvalue weighted by atomic mass is 10.0. The summed E-state index contributed by atoms with van der Waals surface area (Å²) in [6.07, 6.45) is 0. The molecule has 0 unspecified atom stereocenters. The fraction of sp³-hybridized carbons (Fsp3) is 0.120. The van der Waals surface area contributed by atoms with Crippen molar-refractivity contribution in [2.24, 2.45) is 0 Å². The van der Waals surface area contributed by atoms with Crippen LogP contribution in [0.15, 0.2) is 78.9 Å². The van der Waals surface area contributed by atoms with Gasteiger partial charge in [-0.1, -0.05) is 71.7 Å². The van der Waals surface area contributed by atoms with Crippen molar-refractivity contribution in [3.63, 3.8) is 0 Å². The van der Waals surface area contributed by atoms with E-state index in [1.807, 2.05) is 60.7 Å². The Hall–Kier alpha value is -2.88. The quantitative estimate of drug-likeness (QED) is 0.327. The molecular weight excluding hydrogens is 417 g/mol. The summed E-state index contributed by atoms with van der Waals surface area (Å²) in [7, 11) is 1.60. The van der Waals surface area contributed by atoms with Crippen LogP contribution in [0.4, 0.5) is 5.69 Å². The Bertz CT molecular complexity index is 1180. The third-order valence-corrected chi connectivity index (χ3v) is 5.62. The van der Waals surface area contributed by atoms with Gasteiger partial charge in [0.2, 0.25) is 0 Å². The number of hydrogen-bond acceptors (Lipinski definition) is 3. The Morgan fingerprint density at radius 1 is 0.800 bits per heavy atom. The molecule has 0 aliphatic rings. The number of fused-ring (bicyclic) bond motifs is 1. The van der Waals surface area contributed by atoms with E-state index in [2.05, 4.69) is 23.5 Å². The van der Waals surface area contributed by atoms with Crippen LogP contribution < -0.4 is 14.8 Å². The van der Waals surface area contributed by atoms with Crippen LogP contribution in [0.25, 0.3) is 10.8 Å². The molecule has 0 fully saturated rings.